The van der Waals surface area contributed by atoms with Gasteiger partial charge in [0.05, 0.1) is 20.7 Å². The predicted octanol–water partition coefficient (Wildman–Crippen LogP) is 3.94. The summed E-state index contributed by atoms with van der Waals surface area (Å²) in [6.07, 6.45) is 2.76. The maximum Gasteiger partial charge on any atom is 0.179 e. The third-order valence-electron chi connectivity index (χ3n) is 2.99. The summed E-state index contributed by atoms with van der Waals surface area (Å²) in [5, 5.41) is 3.91. The van der Waals surface area contributed by atoms with Crippen LogP contribution in [0, 0.1) is 0 Å². The second kappa shape index (κ2) is 8.23. The maximum absolute atomic E-state index is 12.4. The zero-order valence-electron chi connectivity index (χ0n) is 11.8. The van der Waals surface area contributed by atoms with Gasteiger partial charge in [-0.15, -0.1) is 0 Å². The number of nitrogens with one attached hydrogen (secondary N) is 1. The number of rotatable bonds is 8. The van der Waals surface area contributed by atoms with Crippen LogP contribution in [0.25, 0.3) is 0 Å². The van der Waals surface area contributed by atoms with E-state index in [0.717, 1.165) is 25.8 Å². The Morgan fingerprint density at radius 1 is 1.15 bits per heavy atom. The Morgan fingerprint density at radius 2 is 1.85 bits per heavy atom. The molecule has 114 valence electrons. The summed E-state index contributed by atoms with van der Waals surface area (Å²) in [7, 11) is -3.36. The summed E-state index contributed by atoms with van der Waals surface area (Å²) >= 11 is 11.7. The van der Waals surface area contributed by atoms with Crippen molar-refractivity contribution in [2.45, 2.75) is 44.0 Å². The zero-order valence-corrected chi connectivity index (χ0v) is 14.2. The van der Waals surface area contributed by atoms with E-state index in [9.17, 15) is 8.42 Å². The van der Waals surface area contributed by atoms with Crippen LogP contribution >= 0.6 is 23.2 Å². The SMILES string of the molecule is CCCNC(CCC)CS(=O)(=O)c1ccc(Cl)c(Cl)c1. The fourth-order valence-electron chi connectivity index (χ4n) is 1.97. The second-order valence-corrected chi connectivity index (χ2v) is 7.65. The van der Waals surface area contributed by atoms with Gasteiger partial charge in [0, 0.05) is 6.04 Å². The predicted molar refractivity (Wildman–Crippen MR) is 85.5 cm³/mol. The van der Waals surface area contributed by atoms with Crippen molar-refractivity contribution in [2.24, 2.45) is 0 Å². The minimum Gasteiger partial charge on any atom is -0.313 e. The summed E-state index contributed by atoms with van der Waals surface area (Å²) in [6.45, 7) is 4.93. The molecule has 1 rings (SSSR count). The van der Waals surface area contributed by atoms with Gasteiger partial charge in [0.2, 0.25) is 0 Å². The topological polar surface area (TPSA) is 46.2 Å². The highest BCUT2D eigenvalue weighted by Gasteiger charge is 2.21. The lowest BCUT2D eigenvalue weighted by Gasteiger charge is -2.18. The van der Waals surface area contributed by atoms with Crippen molar-refractivity contribution in [3.05, 3.63) is 28.2 Å². The average molecular weight is 338 g/mol. The van der Waals surface area contributed by atoms with Crippen LogP contribution in [0.5, 0.6) is 0 Å². The number of hydrogen-bond donors (Lipinski definition) is 1. The van der Waals surface area contributed by atoms with Gasteiger partial charge in [-0.1, -0.05) is 43.5 Å². The van der Waals surface area contributed by atoms with Crippen LogP contribution in [-0.4, -0.2) is 26.8 Å². The highest BCUT2D eigenvalue weighted by Crippen LogP contribution is 2.25. The minimum atomic E-state index is -3.36. The molecular weight excluding hydrogens is 317 g/mol. The van der Waals surface area contributed by atoms with E-state index in [0.29, 0.717) is 5.02 Å². The Hall–Kier alpha value is -0.290. The summed E-state index contributed by atoms with van der Waals surface area (Å²) in [5.41, 5.74) is 0. The molecule has 0 radical (unpaired) electrons. The van der Waals surface area contributed by atoms with Crippen molar-refractivity contribution in [1.29, 1.82) is 0 Å². The molecule has 0 aliphatic rings. The lowest BCUT2D eigenvalue weighted by atomic mass is 10.2. The normalized spacial score (nSPS) is 13.4. The van der Waals surface area contributed by atoms with Crippen LogP contribution in [0.2, 0.25) is 10.0 Å². The molecule has 0 fully saturated rings. The Labute approximate surface area is 131 Å². The summed E-state index contributed by atoms with van der Waals surface area (Å²) < 4.78 is 24.8. The first kappa shape index (κ1) is 17.8. The first-order valence-electron chi connectivity index (χ1n) is 6.82. The van der Waals surface area contributed by atoms with Crippen LogP contribution in [0.4, 0.5) is 0 Å². The Kier molecular flexibility index (Phi) is 7.30. The summed E-state index contributed by atoms with van der Waals surface area (Å²) in [4.78, 5) is 0.228. The molecule has 6 heteroatoms. The van der Waals surface area contributed by atoms with Crippen molar-refractivity contribution >= 4 is 33.0 Å². The number of benzene rings is 1. The molecule has 0 saturated carbocycles. The first-order valence-corrected chi connectivity index (χ1v) is 9.22. The van der Waals surface area contributed by atoms with E-state index in [1.165, 1.54) is 18.2 Å². The zero-order chi connectivity index (χ0) is 15.2. The standard InChI is InChI=1S/C14H21Cl2NO2S/c1-3-5-11(17-8-4-2)10-20(18,19)12-6-7-13(15)14(16)9-12/h6-7,9,11,17H,3-5,8,10H2,1-2H3. The second-order valence-electron chi connectivity index (χ2n) is 4.80. The molecule has 1 atom stereocenters. The van der Waals surface area contributed by atoms with Gasteiger partial charge >= 0.3 is 0 Å². The van der Waals surface area contributed by atoms with Gasteiger partial charge in [-0.05, 0) is 37.6 Å². The number of hydrogen-bond acceptors (Lipinski definition) is 3. The molecule has 20 heavy (non-hydrogen) atoms. The molecular formula is C14H21Cl2NO2S. The Balaban J connectivity index is 2.87. The lowest BCUT2D eigenvalue weighted by Crippen LogP contribution is -2.36. The highest BCUT2D eigenvalue weighted by molar-refractivity contribution is 7.91. The molecule has 3 nitrogen and oxygen atoms in total. The van der Waals surface area contributed by atoms with E-state index >= 15 is 0 Å². The van der Waals surface area contributed by atoms with E-state index in [4.69, 9.17) is 23.2 Å². The Bertz CT molecular complexity index is 532. The van der Waals surface area contributed by atoms with Crippen LogP contribution in [-0.2, 0) is 9.84 Å². The number of halogens is 2. The van der Waals surface area contributed by atoms with E-state index in [2.05, 4.69) is 12.2 Å². The van der Waals surface area contributed by atoms with Crippen molar-refractivity contribution in [2.75, 3.05) is 12.3 Å². The lowest BCUT2D eigenvalue weighted by molar-refractivity contribution is 0.500. The molecule has 0 amide bonds. The van der Waals surface area contributed by atoms with Crippen molar-refractivity contribution in [1.82, 2.24) is 5.32 Å². The molecule has 1 unspecified atom stereocenters. The molecule has 0 aromatic heterocycles. The van der Waals surface area contributed by atoms with Gasteiger partial charge in [-0.2, -0.15) is 0 Å². The van der Waals surface area contributed by atoms with Gasteiger partial charge in [0.15, 0.2) is 9.84 Å². The number of sulfone groups is 1. The van der Waals surface area contributed by atoms with Gasteiger partial charge in [0.25, 0.3) is 0 Å². The van der Waals surface area contributed by atoms with Crippen LogP contribution < -0.4 is 5.32 Å². The molecule has 1 aromatic carbocycles. The largest absolute Gasteiger partial charge is 0.313 e. The minimum absolute atomic E-state index is 0.0283. The van der Waals surface area contributed by atoms with Crippen molar-refractivity contribution in [3.63, 3.8) is 0 Å². The molecule has 0 heterocycles. The van der Waals surface area contributed by atoms with Crippen LogP contribution in [0.3, 0.4) is 0 Å². The molecule has 0 spiro atoms. The van der Waals surface area contributed by atoms with Crippen molar-refractivity contribution < 1.29 is 8.42 Å². The van der Waals surface area contributed by atoms with E-state index in [1.807, 2.05) is 6.92 Å². The van der Waals surface area contributed by atoms with Gasteiger partial charge in [0.1, 0.15) is 0 Å². The summed E-state index contributed by atoms with van der Waals surface area (Å²) in [6, 6.07) is 4.42. The van der Waals surface area contributed by atoms with Gasteiger partial charge in [-0.25, -0.2) is 8.42 Å². The van der Waals surface area contributed by atoms with Crippen molar-refractivity contribution in [3.8, 4) is 0 Å². The Morgan fingerprint density at radius 3 is 2.40 bits per heavy atom. The van der Waals surface area contributed by atoms with E-state index in [-0.39, 0.29) is 21.7 Å². The van der Waals surface area contributed by atoms with E-state index < -0.39 is 9.84 Å². The molecule has 0 aliphatic carbocycles. The third-order valence-corrected chi connectivity index (χ3v) is 5.54. The molecule has 0 bridgehead atoms. The van der Waals surface area contributed by atoms with Gasteiger partial charge in [-0.3, -0.25) is 0 Å². The monoisotopic (exact) mass is 337 g/mol. The average Bonchev–Trinajstić information content (AvgIpc) is 2.39. The fourth-order valence-corrected chi connectivity index (χ4v) is 3.91. The fraction of sp³-hybridized carbons (Fsp3) is 0.571. The van der Waals surface area contributed by atoms with Crippen LogP contribution in [0.1, 0.15) is 33.1 Å². The molecule has 0 saturated heterocycles. The highest BCUT2D eigenvalue weighted by atomic mass is 35.5. The maximum atomic E-state index is 12.4. The summed E-state index contributed by atoms with van der Waals surface area (Å²) in [5.74, 6) is 0.0821. The van der Waals surface area contributed by atoms with Crippen LogP contribution in [0.15, 0.2) is 23.1 Å². The quantitative estimate of drug-likeness (QED) is 0.781. The molecule has 1 aromatic rings. The third kappa shape index (κ3) is 5.24. The first-order chi connectivity index (χ1) is 9.40. The smallest absolute Gasteiger partial charge is 0.179 e. The van der Waals surface area contributed by atoms with E-state index in [1.54, 1.807) is 0 Å². The molecule has 1 N–H and O–H groups in total. The van der Waals surface area contributed by atoms with Gasteiger partial charge < -0.3 is 5.32 Å². The molecule has 0 aliphatic heterocycles.